The Hall–Kier alpha value is -1.43. The molecule has 1 unspecified atom stereocenters. The third-order valence-electron chi connectivity index (χ3n) is 2.71. The molecule has 1 amide bonds. The zero-order valence-corrected chi connectivity index (χ0v) is 9.66. The number of hydrogen-bond acceptors (Lipinski definition) is 4. The predicted octanol–water partition coefficient (Wildman–Crippen LogP) is -0.199. The van der Waals surface area contributed by atoms with Gasteiger partial charge in [0.2, 0.25) is 5.82 Å². The van der Waals surface area contributed by atoms with Crippen LogP contribution >= 0.6 is 0 Å². The number of carbonyl (C=O) groups is 1. The van der Waals surface area contributed by atoms with Crippen LogP contribution in [-0.4, -0.2) is 51.7 Å². The SMILES string of the molecule is CCc1nc(C(=O)N2CCNC(C)C2)n[nH]1. The second-order valence-corrected chi connectivity index (χ2v) is 4.07. The summed E-state index contributed by atoms with van der Waals surface area (Å²) >= 11 is 0. The lowest BCUT2D eigenvalue weighted by Crippen LogP contribution is -2.51. The Labute approximate surface area is 94.4 Å². The van der Waals surface area contributed by atoms with E-state index in [1.54, 1.807) is 4.90 Å². The largest absolute Gasteiger partial charge is 0.333 e. The minimum Gasteiger partial charge on any atom is -0.333 e. The highest BCUT2D eigenvalue weighted by Crippen LogP contribution is 2.04. The predicted molar refractivity (Wildman–Crippen MR) is 59.1 cm³/mol. The van der Waals surface area contributed by atoms with Gasteiger partial charge >= 0.3 is 0 Å². The molecule has 2 heterocycles. The van der Waals surface area contributed by atoms with E-state index in [1.807, 2.05) is 6.92 Å². The van der Waals surface area contributed by atoms with Crippen molar-refractivity contribution in [1.29, 1.82) is 0 Å². The van der Waals surface area contributed by atoms with Crippen molar-refractivity contribution in [2.75, 3.05) is 19.6 Å². The van der Waals surface area contributed by atoms with Gasteiger partial charge in [-0.3, -0.25) is 9.89 Å². The van der Waals surface area contributed by atoms with E-state index >= 15 is 0 Å². The van der Waals surface area contributed by atoms with Gasteiger partial charge in [-0.1, -0.05) is 6.92 Å². The zero-order valence-electron chi connectivity index (χ0n) is 9.66. The van der Waals surface area contributed by atoms with E-state index in [4.69, 9.17) is 0 Å². The fraction of sp³-hybridized carbons (Fsp3) is 0.700. The second kappa shape index (κ2) is 4.61. The van der Waals surface area contributed by atoms with Gasteiger partial charge in [-0.2, -0.15) is 0 Å². The molecule has 0 saturated carbocycles. The molecular weight excluding hydrogens is 206 g/mol. The molecule has 1 atom stereocenters. The summed E-state index contributed by atoms with van der Waals surface area (Å²) in [5.74, 6) is 0.960. The number of aromatic amines is 1. The molecule has 0 radical (unpaired) electrons. The van der Waals surface area contributed by atoms with Gasteiger partial charge in [0.1, 0.15) is 5.82 Å². The van der Waals surface area contributed by atoms with Crippen LogP contribution in [0.3, 0.4) is 0 Å². The highest BCUT2D eigenvalue weighted by Gasteiger charge is 2.24. The van der Waals surface area contributed by atoms with E-state index in [0.29, 0.717) is 6.04 Å². The number of aryl methyl sites for hydroxylation is 1. The number of rotatable bonds is 2. The van der Waals surface area contributed by atoms with Gasteiger partial charge in [-0.15, -0.1) is 5.10 Å². The summed E-state index contributed by atoms with van der Waals surface area (Å²) in [7, 11) is 0. The monoisotopic (exact) mass is 223 g/mol. The van der Waals surface area contributed by atoms with E-state index < -0.39 is 0 Å². The molecule has 0 spiro atoms. The van der Waals surface area contributed by atoms with Crippen LogP contribution < -0.4 is 5.32 Å². The van der Waals surface area contributed by atoms with Gasteiger partial charge < -0.3 is 10.2 Å². The second-order valence-electron chi connectivity index (χ2n) is 4.07. The summed E-state index contributed by atoms with van der Waals surface area (Å²) in [6.45, 7) is 6.31. The molecule has 2 rings (SSSR count). The fourth-order valence-corrected chi connectivity index (χ4v) is 1.81. The van der Waals surface area contributed by atoms with Gasteiger partial charge in [-0.05, 0) is 6.92 Å². The van der Waals surface area contributed by atoms with Gasteiger partial charge in [0.15, 0.2) is 0 Å². The average molecular weight is 223 g/mol. The van der Waals surface area contributed by atoms with Crippen molar-refractivity contribution >= 4 is 5.91 Å². The summed E-state index contributed by atoms with van der Waals surface area (Å²) in [4.78, 5) is 18.0. The van der Waals surface area contributed by atoms with Crippen molar-refractivity contribution in [3.63, 3.8) is 0 Å². The van der Waals surface area contributed by atoms with Crippen LogP contribution in [0, 0.1) is 0 Å². The molecule has 6 heteroatoms. The molecule has 2 N–H and O–H groups in total. The lowest BCUT2D eigenvalue weighted by atomic mass is 10.2. The molecule has 1 aromatic rings. The minimum atomic E-state index is -0.0794. The van der Waals surface area contributed by atoms with Gasteiger partial charge in [0.05, 0.1) is 0 Å². The van der Waals surface area contributed by atoms with E-state index in [2.05, 4.69) is 27.4 Å². The van der Waals surface area contributed by atoms with Crippen molar-refractivity contribution in [3.8, 4) is 0 Å². The van der Waals surface area contributed by atoms with Gasteiger partial charge in [0.25, 0.3) is 5.91 Å². The molecule has 0 bridgehead atoms. The smallest absolute Gasteiger partial charge is 0.293 e. The van der Waals surface area contributed by atoms with Gasteiger partial charge in [0, 0.05) is 32.1 Å². The van der Waals surface area contributed by atoms with Crippen molar-refractivity contribution in [2.45, 2.75) is 26.3 Å². The fourth-order valence-electron chi connectivity index (χ4n) is 1.81. The Morgan fingerprint density at radius 1 is 1.62 bits per heavy atom. The zero-order chi connectivity index (χ0) is 11.5. The van der Waals surface area contributed by atoms with Crippen LogP contribution in [0.15, 0.2) is 0 Å². The molecule has 88 valence electrons. The number of nitrogens with one attached hydrogen (secondary N) is 2. The van der Waals surface area contributed by atoms with Crippen LogP contribution in [0.4, 0.5) is 0 Å². The van der Waals surface area contributed by atoms with E-state index in [1.165, 1.54) is 0 Å². The Morgan fingerprint density at radius 3 is 3.06 bits per heavy atom. The first-order chi connectivity index (χ1) is 7.70. The Bertz CT molecular complexity index is 375. The Kier molecular flexibility index (Phi) is 3.19. The van der Waals surface area contributed by atoms with Gasteiger partial charge in [-0.25, -0.2) is 4.98 Å². The molecule has 16 heavy (non-hydrogen) atoms. The quantitative estimate of drug-likeness (QED) is 0.728. The van der Waals surface area contributed by atoms with Crippen molar-refractivity contribution in [1.82, 2.24) is 25.4 Å². The molecule has 1 aromatic heterocycles. The maximum absolute atomic E-state index is 12.0. The highest BCUT2D eigenvalue weighted by atomic mass is 16.2. The molecule has 0 aliphatic carbocycles. The first-order valence-electron chi connectivity index (χ1n) is 5.64. The van der Waals surface area contributed by atoms with Crippen LogP contribution in [0.25, 0.3) is 0 Å². The van der Waals surface area contributed by atoms with Crippen molar-refractivity contribution < 1.29 is 4.79 Å². The summed E-state index contributed by atoms with van der Waals surface area (Å²) in [6.07, 6.45) is 0.762. The number of amides is 1. The maximum Gasteiger partial charge on any atom is 0.293 e. The summed E-state index contributed by atoms with van der Waals surface area (Å²) < 4.78 is 0. The summed E-state index contributed by atoms with van der Waals surface area (Å²) in [5, 5.41) is 9.99. The molecule has 6 nitrogen and oxygen atoms in total. The molecule has 1 aliphatic heterocycles. The number of nitrogens with zero attached hydrogens (tertiary/aromatic N) is 3. The number of aromatic nitrogens is 3. The minimum absolute atomic E-state index is 0.0794. The number of H-pyrrole nitrogens is 1. The van der Waals surface area contributed by atoms with E-state index in [-0.39, 0.29) is 11.7 Å². The van der Waals surface area contributed by atoms with Crippen LogP contribution in [0.2, 0.25) is 0 Å². The summed E-state index contributed by atoms with van der Waals surface area (Å²) in [6, 6.07) is 0.335. The van der Waals surface area contributed by atoms with E-state index in [9.17, 15) is 4.79 Å². The van der Waals surface area contributed by atoms with Crippen LogP contribution in [0.5, 0.6) is 0 Å². The maximum atomic E-state index is 12.0. The molecule has 1 fully saturated rings. The Balaban J connectivity index is 2.06. The molecule has 1 aliphatic rings. The number of carbonyl (C=O) groups excluding carboxylic acids is 1. The highest BCUT2D eigenvalue weighted by molar-refractivity contribution is 5.90. The molecule has 1 saturated heterocycles. The van der Waals surface area contributed by atoms with E-state index in [0.717, 1.165) is 31.9 Å². The van der Waals surface area contributed by atoms with Crippen molar-refractivity contribution in [3.05, 3.63) is 11.6 Å². The lowest BCUT2D eigenvalue weighted by Gasteiger charge is -2.30. The lowest BCUT2D eigenvalue weighted by molar-refractivity contribution is 0.0697. The third kappa shape index (κ3) is 2.21. The molecular formula is C10H17N5O. The number of hydrogen-bond donors (Lipinski definition) is 2. The molecule has 0 aromatic carbocycles. The van der Waals surface area contributed by atoms with Crippen LogP contribution in [-0.2, 0) is 6.42 Å². The Morgan fingerprint density at radius 2 is 2.44 bits per heavy atom. The number of piperazine rings is 1. The average Bonchev–Trinajstić information content (AvgIpc) is 2.76. The van der Waals surface area contributed by atoms with Crippen LogP contribution in [0.1, 0.15) is 30.3 Å². The summed E-state index contributed by atoms with van der Waals surface area (Å²) in [5.41, 5.74) is 0. The topological polar surface area (TPSA) is 73.9 Å². The third-order valence-corrected chi connectivity index (χ3v) is 2.71. The first-order valence-corrected chi connectivity index (χ1v) is 5.64. The normalized spacial score (nSPS) is 21.1. The van der Waals surface area contributed by atoms with Crippen molar-refractivity contribution in [2.24, 2.45) is 0 Å². The standard InChI is InChI=1S/C10H17N5O/c1-3-8-12-9(14-13-8)10(16)15-5-4-11-7(2)6-15/h7,11H,3-6H2,1-2H3,(H,12,13,14). The first kappa shape index (κ1) is 11.1.